The first-order chi connectivity index (χ1) is 14.7. The van der Waals surface area contributed by atoms with Crippen molar-refractivity contribution in [3.8, 4) is 11.5 Å². The molecule has 0 saturated carbocycles. The zero-order chi connectivity index (χ0) is 22.2. The summed E-state index contributed by atoms with van der Waals surface area (Å²) in [6.07, 6.45) is -2.31. The van der Waals surface area contributed by atoms with E-state index in [9.17, 15) is 21.6 Å². The third-order valence-electron chi connectivity index (χ3n) is 5.21. The van der Waals surface area contributed by atoms with Gasteiger partial charge in [-0.15, -0.1) is 21.5 Å². The third kappa shape index (κ3) is 4.53. The zero-order valence-corrected chi connectivity index (χ0v) is 18.2. The van der Waals surface area contributed by atoms with Gasteiger partial charge in [-0.2, -0.15) is 17.5 Å². The van der Waals surface area contributed by atoms with E-state index in [1.54, 1.807) is 6.07 Å². The van der Waals surface area contributed by atoms with E-state index in [2.05, 4.69) is 10.2 Å². The van der Waals surface area contributed by atoms with Gasteiger partial charge in [0.2, 0.25) is 11.8 Å². The normalized spacial score (nSPS) is 18.4. The molecule has 1 saturated heterocycles. The van der Waals surface area contributed by atoms with Gasteiger partial charge in [-0.3, -0.25) is 0 Å². The van der Waals surface area contributed by atoms with Crippen LogP contribution in [0, 0.1) is 0 Å². The molecule has 0 aliphatic carbocycles. The highest BCUT2D eigenvalue weighted by atomic mass is 32.2. The fraction of sp³-hybridized carbons (Fsp3) is 0.400. The van der Waals surface area contributed by atoms with Gasteiger partial charge in [-0.05, 0) is 55.7 Å². The molecule has 3 heterocycles. The van der Waals surface area contributed by atoms with Crippen molar-refractivity contribution in [1.29, 1.82) is 0 Å². The van der Waals surface area contributed by atoms with Crippen molar-refractivity contribution < 1.29 is 26.0 Å². The van der Waals surface area contributed by atoms with Gasteiger partial charge in [0.1, 0.15) is 4.21 Å². The number of nitrogens with zero attached hydrogens (tertiary/aromatic N) is 3. The van der Waals surface area contributed by atoms with Crippen LogP contribution in [0.3, 0.4) is 0 Å². The van der Waals surface area contributed by atoms with E-state index in [1.807, 2.05) is 13.0 Å². The molecule has 3 aromatic rings. The maximum Gasteiger partial charge on any atom is 0.416 e. The number of halogens is 3. The Kier molecular flexibility index (Phi) is 5.93. The van der Waals surface area contributed by atoms with Crippen LogP contribution in [0.1, 0.15) is 42.0 Å². The Morgan fingerprint density at radius 3 is 2.55 bits per heavy atom. The minimum absolute atomic E-state index is 0.106. The van der Waals surface area contributed by atoms with Gasteiger partial charge in [0.25, 0.3) is 10.0 Å². The molecule has 0 amide bonds. The number of sulfonamides is 1. The quantitative estimate of drug-likeness (QED) is 0.526. The Hall–Kier alpha value is -2.24. The van der Waals surface area contributed by atoms with Crippen LogP contribution in [-0.4, -0.2) is 36.0 Å². The van der Waals surface area contributed by atoms with Gasteiger partial charge in [0, 0.05) is 23.5 Å². The first-order valence-corrected chi connectivity index (χ1v) is 12.0. The van der Waals surface area contributed by atoms with Gasteiger partial charge in [0.15, 0.2) is 0 Å². The summed E-state index contributed by atoms with van der Waals surface area (Å²) < 4.78 is 71.7. The van der Waals surface area contributed by atoms with Gasteiger partial charge in [0.05, 0.1) is 11.5 Å². The Bertz CT molecular complexity index is 1150. The Labute approximate surface area is 181 Å². The summed E-state index contributed by atoms with van der Waals surface area (Å²) in [5, 5.41) is 7.99. The lowest BCUT2D eigenvalue weighted by molar-refractivity contribution is -0.137. The smallest absolute Gasteiger partial charge is 0.416 e. The fourth-order valence-corrected chi connectivity index (χ4v) is 6.47. The molecule has 1 aliphatic heterocycles. The average Bonchev–Trinajstić information content (AvgIpc) is 3.43. The maximum atomic E-state index is 13.0. The van der Waals surface area contributed by atoms with E-state index in [0.717, 1.165) is 23.4 Å². The molecule has 11 heteroatoms. The molecule has 0 N–H and O–H groups in total. The minimum atomic E-state index is -4.42. The van der Waals surface area contributed by atoms with Crippen molar-refractivity contribution in [3.63, 3.8) is 0 Å². The van der Waals surface area contributed by atoms with Crippen LogP contribution < -0.4 is 0 Å². The second-order valence-corrected chi connectivity index (χ2v) is 10.6. The Morgan fingerprint density at radius 1 is 1.16 bits per heavy atom. The molecule has 0 radical (unpaired) electrons. The Morgan fingerprint density at radius 2 is 1.90 bits per heavy atom. The van der Waals surface area contributed by atoms with Crippen LogP contribution in [0.2, 0.25) is 0 Å². The van der Waals surface area contributed by atoms with E-state index in [-0.39, 0.29) is 24.2 Å². The number of aromatic nitrogens is 2. The molecule has 2 aromatic heterocycles. The standard InChI is InChI=1S/C20H20F3N3O3S2/c1-2-16-9-10-17(30-16)31(27,28)26-11-3-4-14(12-26)19-25-24-18(29-19)13-5-7-15(8-6-13)20(21,22)23/h5-10,14H,2-4,11-12H2,1H3. The summed E-state index contributed by atoms with van der Waals surface area (Å²) in [7, 11) is -3.60. The van der Waals surface area contributed by atoms with Gasteiger partial charge in [-0.25, -0.2) is 8.42 Å². The number of benzene rings is 1. The molecular formula is C20H20F3N3O3S2. The van der Waals surface area contributed by atoms with Gasteiger partial charge >= 0.3 is 6.18 Å². The summed E-state index contributed by atoms with van der Waals surface area (Å²) in [5.74, 6) is 0.120. The molecule has 1 unspecified atom stereocenters. The molecule has 4 rings (SSSR count). The number of alkyl halides is 3. The molecule has 31 heavy (non-hydrogen) atoms. The van der Waals surface area contributed by atoms with Crippen molar-refractivity contribution in [2.45, 2.75) is 42.5 Å². The van der Waals surface area contributed by atoms with Crippen LogP contribution in [0.5, 0.6) is 0 Å². The molecule has 1 aliphatic rings. The average molecular weight is 472 g/mol. The molecule has 6 nitrogen and oxygen atoms in total. The fourth-order valence-electron chi connectivity index (χ4n) is 3.49. The number of hydrogen-bond donors (Lipinski definition) is 0. The zero-order valence-electron chi connectivity index (χ0n) is 16.6. The monoisotopic (exact) mass is 471 g/mol. The van der Waals surface area contributed by atoms with Gasteiger partial charge in [-0.1, -0.05) is 6.92 Å². The van der Waals surface area contributed by atoms with Crippen molar-refractivity contribution in [2.24, 2.45) is 0 Å². The van der Waals surface area contributed by atoms with E-state index < -0.39 is 21.8 Å². The van der Waals surface area contributed by atoms with Crippen molar-refractivity contribution in [2.75, 3.05) is 13.1 Å². The predicted molar refractivity (Wildman–Crippen MR) is 109 cm³/mol. The van der Waals surface area contributed by atoms with E-state index in [4.69, 9.17) is 4.42 Å². The summed E-state index contributed by atoms with van der Waals surface area (Å²) in [6.45, 7) is 2.61. The topological polar surface area (TPSA) is 76.3 Å². The minimum Gasteiger partial charge on any atom is -0.420 e. The highest BCUT2D eigenvalue weighted by Crippen LogP contribution is 2.34. The molecule has 1 fully saturated rings. The van der Waals surface area contributed by atoms with E-state index in [0.29, 0.717) is 29.2 Å². The first-order valence-electron chi connectivity index (χ1n) is 9.78. The number of rotatable bonds is 5. The third-order valence-corrected chi connectivity index (χ3v) is 8.77. The number of aryl methyl sites for hydroxylation is 1. The SMILES string of the molecule is CCc1ccc(S(=O)(=O)N2CCCC(c3nnc(-c4ccc(C(F)(F)F)cc4)o3)C2)s1. The Balaban J connectivity index is 1.51. The van der Waals surface area contributed by atoms with E-state index >= 15 is 0 Å². The van der Waals surface area contributed by atoms with Crippen molar-refractivity contribution >= 4 is 21.4 Å². The lowest BCUT2D eigenvalue weighted by Crippen LogP contribution is -2.38. The molecule has 0 bridgehead atoms. The molecule has 166 valence electrons. The van der Waals surface area contributed by atoms with Crippen LogP contribution in [-0.2, 0) is 22.6 Å². The highest BCUT2D eigenvalue weighted by Gasteiger charge is 2.34. The van der Waals surface area contributed by atoms with E-state index in [1.165, 1.54) is 27.8 Å². The predicted octanol–water partition coefficient (Wildman–Crippen LogP) is 4.95. The molecule has 0 spiro atoms. The number of piperidine rings is 1. The summed E-state index contributed by atoms with van der Waals surface area (Å²) >= 11 is 1.27. The first kappa shape index (κ1) is 22.0. The maximum absolute atomic E-state index is 13.0. The molecular weight excluding hydrogens is 451 g/mol. The largest absolute Gasteiger partial charge is 0.420 e. The lowest BCUT2D eigenvalue weighted by atomic mass is 10.00. The van der Waals surface area contributed by atoms with Crippen molar-refractivity contribution in [1.82, 2.24) is 14.5 Å². The second kappa shape index (κ2) is 8.36. The summed E-state index contributed by atoms with van der Waals surface area (Å²) in [5.41, 5.74) is -0.387. The van der Waals surface area contributed by atoms with Crippen LogP contribution in [0.25, 0.3) is 11.5 Å². The van der Waals surface area contributed by atoms with Crippen LogP contribution >= 0.6 is 11.3 Å². The van der Waals surface area contributed by atoms with Crippen LogP contribution in [0.15, 0.2) is 45.0 Å². The number of hydrogen-bond acceptors (Lipinski definition) is 6. The lowest BCUT2D eigenvalue weighted by Gasteiger charge is -2.29. The second-order valence-electron chi connectivity index (χ2n) is 7.30. The van der Waals surface area contributed by atoms with Crippen molar-refractivity contribution in [3.05, 3.63) is 52.7 Å². The molecule has 1 atom stereocenters. The number of thiophene rings is 1. The molecule has 1 aromatic carbocycles. The highest BCUT2D eigenvalue weighted by molar-refractivity contribution is 7.91. The van der Waals surface area contributed by atoms with Crippen LogP contribution in [0.4, 0.5) is 13.2 Å². The summed E-state index contributed by atoms with van der Waals surface area (Å²) in [4.78, 5) is 1.00. The summed E-state index contributed by atoms with van der Waals surface area (Å²) in [6, 6.07) is 7.93. The van der Waals surface area contributed by atoms with Gasteiger partial charge < -0.3 is 4.42 Å².